The maximum atomic E-state index is 11.6. The molecule has 0 spiro atoms. The lowest BCUT2D eigenvalue weighted by Gasteiger charge is -2.22. The van der Waals surface area contributed by atoms with Gasteiger partial charge in [0.1, 0.15) is 0 Å². The Morgan fingerprint density at radius 3 is 2.00 bits per heavy atom. The average Bonchev–Trinajstić information content (AvgIpc) is 2.38. The summed E-state index contributed by atoms with van der Waals surface area (Å²) in [6.45, 7) is 0.506. The lowest BCUT2D eigenvalue weighted by atomic mass is 10.2. The molecule has 1 N–H and O–H groups in total. The van der Waals surface area contributed by atoms with Crippen molar-refractivity contribution in [3.8, 4) is 0 Å². The largest absolute Gasteiger partial charge is 0.349 e. The van der Waals surface area contributed by atoms with Crippen LogP contribution < -0.4 is 4.72 Å². The highest BCUT2D eigenvalue weighted by Crippen LogP contribution is 2.11. The fraction of sp³-hybridized carbons (Fsp3) is 0.462. The van der Waals surface area contributed by atoms with Gasteiger partial charge >= 0.3 is 0 Å². The molecule has 0 saturated carbocycles. The van der Waals surface area contributed by atoms with E-state index in [2.05, 4.69) is 9.71 Å². The molecule has 1 aromatic carbocycles. The van der Waals surface area contributed by atoms with Gasteiger partial charge in [0.15, 0.2) is 5.96 Å². The molecule has 0 heterocycles. The second kappa shape index (κ2) is 6.71. The first-order valence-electron chi connectivity index (χ1n) is 6.19. The van der Waals surface area contributed by atoms with Gasteiger partial charge in [-0.15, -0.1) is 0 Å². The van der Waals surface area contributed by atoms with Crippen LogP contribution in [0.25, 0.3) is 0 Å². The zero-order valence-electron chi connectivity index (χ0n) is 12.6. The summed E-state index contributed by atoms with van der Waals surface area (Å²) in [6, 6.07) is 6.72. The predicted molar refractivity (Wildman–Crippen MR) is 81.2 cm³/mol. The van der Waals surface area contributed by atoms with Gasteiger partial charge in [-0.05, 0) is 24.7 Å². The third kappa shape index (κ3) is 4.21. The third-order valence-electron chi connectivity index (χ3n) is 2.71. The number of nitrogens with one attached hydrogen (secondary N) is 1. The molecule has 0 aliphatic rings. The Kier molecular flexibility index (Phi) is 5.52. The Hall–Kier alpha value is -1.60. The van der Waals surface area contributed by atoms with Gasteiger partial charge in [0.05, 0.1) is 11.4 Å². The quantitative estimate of drug-likeness (QED) is 0.652. The minimum absolute atomic E-state index is 0.258. The minimum atomic E-state index is -3.38. The first kappa shape index (κ1) is 16.5. The van der Waals surface area contributed by atoms with Crippen LogP contribution >= 0.6 is 0 Å². The Balaban J connectivity index is 2.88. The summed E-state index contributed by atoms with van der Waals surface area (Å²) in [7, 11) is 5.75. The molecule has 0 radical (unpaired) electrons. The molecule has 1 aromatic rings. The van der Waals surface area contributed by atoms with Crippen molar-refractivity contribution in [2.75, 3.05) is 35.2 Å². The van der Waals surface area contributed by atoms with Crippen molar-refractivity contribution in [1.29, 1.82) is 0 Å². The highest BCUT2D eigenvalue weighted by Gasteiger charge is 2.10. The molecular formula is C13H22N4O2S. The lowest BCUT2D eigenvalue weighted by molar-refractivity contribution is 0.479. The summed E-state index contributed by atoms with van der Waals surface area (Å²) in [6.07, 6.45) is 0. The zero-order valence-corrected chi connectivity index (χ0v) is 13.4. The molecule has 6 nitrogen and oxygen atoms in total. The molecule has 0 unspecified atom stereocenters. The smallest absolute Gasteiger partial charge is 0.240 e. The summed E-state index contributed by atoms with van der Waals surface area (Å²) in [5.41, 5.74) is 0.959. The van der Waals surface area contributed by atoms with Crippen LogP contribution in [0.2, 0.25) is 0 Å². The Morgan fingerprint density at radius 2 is 1.60 bits per heavy atom. The van der Waals surface area contributed by atoms with E-state index in [0.717, 1.165) is 11.5 Å². The van der Waals surface area contributed by atoms with Crippen molar-refractivity contribution < 1.29 is 8.42 Å². The summed E-state index contributed by atoms with van der Waals surface area (Å²) in [5, 5.41) is 0. The highest BCUT2D eigenvalue weighted by atomic mass is 32.2. The number of sulfonamides is 1. The second-order valence-corrected chi connectivity index (χ2v) is 6.64. The molecule has 20 heavy (non-hydrogen) atoms. The van der Waals surface area contributed by atoms with Crippen molar-refractivity contribution in [1.82, 2.24) is 14.5 Å². The van der Waals surface area contributed by atoms with Crippen LogP contribution in [0.4, 0.5) is 0 Å². The highest BCUT2D eigenvalue weighted by molar-refractivity contribution is 7.89. The van der Waals surface area contributed by atoms with Crippen molar-refractivity contribution in [2.24, 2.45) is 4.99 Å². The second-order valence-electron chi connectivity index (χ2n) is 4.76. The molecular weight excluding hydrogens is 276 g/mol. The number of hydrogen-bond acceptors (Lipinski definition) is 3. The van der Waals surface area contributed by atoms with Crippen LogP contribution in [0, 0.1) is 0 Å². The van der Waals surface area contributed by atoms with Crippen LogP contribution in [0.5, 0.6) is 0 Å². The molecule has 7 heteroatoms. The van der Waals surface area contributed by atoms with Crippen LogP contribution in [0.15, 0.2) is 34.2 Å². The molecule has 0 aliphatic heterocycles. The maximum Gasteiger partial charge on any atom is 0.240 e. The lowest BCUT2D eigenvalue weighted by Crippen LogP contribution is -2.35. The SMILES string of the molecule is CNS(=O)(=O)c1ccc(CN=C(N(C)C)N(C)C)cc1. The number of benzene rings is 1. The van der Waals surface area contributed by atoms with E-state index in [-0.39, 0.29) is 4.90 Å². The van der Waals surface area contributed by atoms with Crippen LogP contribution in [-0.2, 0) is 16.6 Å². The number of aliphatic imine (C=N–C) groups is 1. The normalized spacial score (nSPS) is 11.1. The van der Waals surface area contributed by atoms with E-state index in [9.17, 15) is 8.42 Å². The molecule has 0 aliphatic carbocycles. The summed E-state index contributed by atoms with van der Waals surface area (Å²) in [5.74, 6) is 0.858. The van der Waals surface area contributed by atoms with Gasteiger partial charge in [0.2, 0.25) is 10.0 Å². The summed E-state index contributed by atoms with van der Waals surface area (Å²) in [4.78, 5) is 8.63. The number of guanidine groups is 1. The molecule has 0 aromatic heterocycles. The van der Waals surface area contributed by atoms with Gasteiger partial charge in [-0.3, -0.25) is 0 Å². The number of nitrogens with zero attached hydrogens (tertiary/aromatic N) is 3. The van der Waals surface area contributed by atoms with E-state index in [0.29, 0.717) is 6.54 Å². The average molecular weight is 298 g/mol. The van der Waals surface area contributed by atoms with E-state index in [1.165, 1.54) is 7.05 Å². The van der Waals surface area contributed by atoms with E-state index in [1.807, 2.05) is 38.0 Å². The van der Waals surface area contributed by atoms with E-state index in [4.69, 9.17) is 0 Å². The van der Waals surface area contributed by atoms with Gasteiger partial charge in [0, 0.05) is 28.2 Å². The van der Waals surface area contributed by atoms with Crippen LogP contribution in [-0.4, -0.2) is 59.4 Å². The Labute approximate surface area is 121 Å². The molecule has 0 fully saturated rings. The Morgan fingerprint density at radius 1 is 1.10 bits per heavy atom. The van der Waals surface area contributed by atoms with Crippen molar-refractivity contribution in [3.05, 3.63) is 29.8 Å². The van der Waals surface area contributed by atoms with Crippen molar-refractivity contribution in [3.63, 3.8) is 0 Å². The maximum absolute atomic E-state index is 11.6. The van der Waals surface area contributed by atoms with Gasteiger partial charge in [-0.1, -0.05) is 12.1 Å². The summed E-state index contributed by atoms with van der Waals surface area (Å²) >= 11 is 0. The fourth-order valence-corrected chi connectivity index (χ4v) is 2.47. The first-order valence-corrected chi connectivity index (χ1v) is 7.68. The van der Waals surface area contributed by atoms with Gasteiger partial charge in [-0.25, -0.2) is 18.1 Å². The predicted octanol–water partition coefficient (Wildman–Crippen LogP) is 0.574. The molecule has 1 rings (SSSR count). The molecule has 0 amide bonds. The van der Waals surface area contributed by atoms with Crippen LogP contribution in [0.1, 0.15) is 5.56 Å². The Bertz CT molecular complexity index is 553. The minimum Gasteiger partial charge on any atom is -0.349 e. The van der Waals surface area contributed by atoms with E-state index < -0.39 is 10.0 Å². The fourth-order valence-electron chi connectivity index (χ4n) is 1.74. The standard InChI is InChI=1S/C13H22N4O2S/c1-14-20(18,19)12-8-6-11(7-9-12)10-15-13(16(2)3)17(4)5/h6-9,14H,10H2,1-5H3. The molecule has 112 valence electrons. The topological polar surface area (TPSA) is 65.0 Å². The molecule has 0 saturated heterocycles. The van der Waals surface area contributed by atoms with E-state index in [1.54, 1.807) is 24.3 Å². The summed E-state index contributed by atoms with van der Waals surface area (Å²) < 4.78 is 25.5. The van der Waals surface area contributed by atoms with Gasteiger partial charge in [-0.2, -0.15) is 0 Å². The molecule has 0 atom stereocenters. The molecule has 0 bridgehead atoms. The van der Waals surface area contributed by atoms with E-state index >= 15 is 0 Å². The number of rotatable bonds is 4. The first-order chi connectivity index (χ1) is 9.27. The van der Waals surface area contributed by atoms with Crippen LogP contribution in [0.3, 0.4) is 0 Å². The number of hydrogen-bond donors (Lipinski definition) is 1. The van der Waals surface area contributed by atoms with Crippen molar-refractivity contribution >= 4 is 16.0 Å². The zero-order chi connectivity index (χ0) is 15.3. The van der Waals surface area contributed by atoms with Gasteiger partial charge < -0.3 is 9.80 Å². The third-order valence-corrected chi connectivity index (χ3v) is 4.14. The van der Waals surface area contributed by atoms with Crippen molar-refractivity contribution in [2.45, 2.75) is 11.4 Å². The van der Waals surface area contributed by atoms with Gasteiger partial charge in [0.25, 0.3) is 0 Å². The monoisotopic (exact) mass is 298 g/mol.